The fraction of sp³-hybridized carbons (Fsp3) is 0.333. The average Bonchev–Trinajstić information content (AvgIpc) is 2.53. The third-order valence-corrected chi connectivity index (χ3v) is 3.08. The molecule has 0 fully saturated rings. The lowest BCUT2D eigenvalue weighted by atomic mass is 10.0. The Morgan fingerprint density at radius 1 is 1.05 bits per heavy atom. The normalized spacial score (nSPS) is 11.9. The Bertz CT molecular complexity index is 524. The van der Waals surface area contributed by atoms with Crippen LogP contribution in [0.1, 0.15) is 17.4 Å². The van der Waals surface area contributed by atoms with E-state index in [4.69, 9.17) is 9.47 Å². The van der Waals surface area contributed by atoms with Gasteiger partial charge in [0.15, 0.2) is 0 Å². The molecule has 0 spiro atoms. The molecule has 106 valence electrons. The summed E-state index contributed by atoms with van der Waals surface area (Å²) in [5.41, 5.74) is 1.19. The quantitative estimate of drug-likeness (QED) is 0.872. The summed E-state index contributed by atoms with van der Waals surface area (Å²) in [4.78, 5) is 8.72. The van der Waals surface area contributed by atoms with Crippen LogP contribution in [0, 0.1) is 0 Å². The first-order chi connectivity index (χ1) is 9.76. The minimum Gasteiger partial charge on any atom is -0.481 e. The molecular formula is C15H19N3O2. The average molecular weight is 273 g/mol. The second-order valence-electron chi connectivity index (χ2n) is 4.32. The van der Waals surface area contributed by atoms with Crippen LogP contribution in [0.5, 0.6) is 11.8 Å². The predicted octanol–water partition coefficient (Wildman–Crippen LogP) is 2.00. The van der Waals surface area contributed by atoms with Crippen LogP contribution in [0.2, 0.25) is 0 Å². The maximum absolute atomic E-state index is 5.17. The lowest BCUT2D eigenvalue weighted by molar-refractivity contribution is 0.366. The van der Waals surface area contributed by atoms with Gasteiger partial charge in [-0.3, -0.25) is 0 Å². The van der Waals surface area contributed by atoms with Gasteiger partial charge in [0.1, 0.15) is 5.82 Å². The number of ether oxygens (including phenoxy) is 2. The molecule has 0 amide bonds. The van der Waals surface area contributed by atoms with E-state index < -0.39 is 0 Å². The Hall–Kier alpha value is -2.14. The summed E-state index contributed by atoms with van der Waals surface area (Å²) in [6.07, 6.45) is 0.661. The van der Waals surface area contributed by atoms with Gasteiger partial charge in [-0.05, 0) is 12.6 Å². The molecule has 0 radical (unpaired) electrons. The van der Waals surface area contributed by atoms with Crippen LogP contribution in [-0.4, -0.2) is 31.2 Å². The van der Waals surface area contributed by atoms with Crippen molar-refractivity contribution in [3.8, 4) is 11.8 Å². The summed E-state index contributed by atoms with van der Waals surface area (Å²) in [5.74, 6) is 1.70. The fourth-order valence-electron chi connectivity index (χ4n) is 2.00. The molecule has 1 heterocycles. The standard InChI is InChI=1S/C15H19N3O2/c1-16-12(11-7-5-4-6-8-11)9-13-17-14(19-2)10-15(18-13)20-3/h4-8,10,12,16H,9H2,1-3H3. The summed E-state index contributed by atoms with van der Waals surface area (Å²) >= 11 is 0. The van der Waals surface area contributed by atoms with E-state index in [9.17, 15) is 0 Å². The van der Waals surface area contributed by atoms with Crippen molar-refractivity contribution in [1.29, 1.82) is 0 Å². The highest BCUT2D eigenvalue weighted by Crippen LogP contribution is 2.20. The molecule has 0 saturated carbocycles. The Labute approximate surface area is 119 Å². The molecular weight excluding hydrogens is 254 g/mol. The summed E-state index contributed by atoms with van der Waals surface area (Å²) in [5, 5.41) is 3.28. The van der Waals surface area contributed by atoms with Gasteiger partial charge in [-0.25, -0.2) is 0 Å². The summed E-state index contributed by atoms with van der Waals surface area (Å²) < 4.78 is 10.3. The van der Waals surface area contributed by atoms with Gasteiger partial charge in [-0.2, -0.15) is 9.97 Å². The van der Waals surface area contributed by atoms with Crippen molar-refractivity contribution in [2.24, 2.45) is 0 Å². The Balaban J connectivity index is 2.23. The van der Waals surface area contributed by atoms with Crippen molar-refractivity contribution < 1.29 is 9.47 Å². The number of nitrogens with one attached hydrogen (secondary N) is 1. The van der Waals surface area contributed by atoms with E-state index in [1.165, 1.54) is 5.56 Å². The zero-order chi connectivity index (χ0) is 14.4. The highest BCUT2D eigenvalue weighted by atomic mass is 16.5. The Morgan fingerprint density at radius 3 is 2.15 bits per heavy atom. The maximum atomic E-state index is 5.17. The van der Waals surface area contributed by atoms with Gasteiger partial charge in [0, 0.05) is 12.5 Å². The summed E-state index contributed by atoms with van der Waals surface area (Å²) in [7, 11) is 5.09. The van der Waals surface area contributed by atoms with Gasteiger partial charge < -0.3 is 14.8 Å². The van der Waals surface area contributed by atoms with Crippen molar-refractivity contribution in [3.05, 3.63) is 47.8 Å². The lowest BCUT2D eigenvalue weighted by Gasteiger charge is -2.16. The van der Waals surface area contributed by atoms with Gasteiger partial charge in [-0.15, -0.1) is 0 Å². The number of hydrogen-bond donors (Lipinski definition) is 1. The number of methoxy groups -OCH3 is 2. The van der Waals surface area contributed by atoms with E-state index in [-0.39, 0.29) is 6.04 Å². The van der Waals surface area contributed by atoms with Crippen LogP contribution in [0.25, 0.3) is 0 Å². The zero-order valence-electron chi connectivity index (χ0n) is 12.0. The van der Waals surface area contributed by atoms with E-state index in [1.807, 2.05) is 25.2 Å². The maximum Gasteiger partial charge on any atom is 0.220 e. The minimum absolute atomic E-state index is 0.146. The molecule has 5 heteroatoms. The highest BCUT2D eigenvalue weighted by Gasteiger charge is 2.13. The predicted molar refractivity (Wildman–Crippen MR) is 77.1 cm³/mol. The summed E-state index contributed by atoms with van der Waals surface area (Å²) in [6, 6.07) is 12.0. The van der Waals surface area contributed by atoms with Crippen LogP contribution >= 0.6 is 0 Å². The summed E-state index contributed by atoms with van der Waals surface area (Å²) in [6.45, 7) is 0. The first-order valence-corrected chi connectivity index (χ1v) is 6.45. The van der Waals surface area contributed by atoms with Crippen molar-refractivity contribution in [1.82, 2.24) is 15.3 Å². The van der Waals surface area contributed by atoms with Gasteiger partial charge in [0.25, 0.3) is 0 Å². The molecule has 0 aliphatic rings. The monoisotopic (exact) mass is 273 g/mol. The molecule has 2 aromatic rings. The number of hydrogen-bond acceptors (Lipinski definition) is 5. The molecule has 2 rings (SSSR count). The number of aromatic nitrogens is 2. The second-order valence-corrected chi connectivity index (χ2v) is 4.32. The van der Waals surface area contributed by atoms with Crippen molar-refractivity contribution in [2.45, 2.75) is 12.5 Å². The molecule has 0 bridgehead atoms. The van der Waals surface area contributed by atoms with E-state index in [2.05, 4.69) is 27.4 Å². The largest absolute Gasteiger partial charge is 0.481 e. The molecule has 0 saturated heterocycles. The topological polar surface area (TPSA) is 56.3 Å². The van der Waals surface area contributed by atoms with Crippen molar-refractivity contribution in [2.75, 3.05) is 21.3 Å². The van der Waals surface area contributed by atoms with E-state index >= 15 is 0 Å². The number of rotatable bonds is 6. The van der Waals surface area contributed by atoms with Gasteiger partial charge in [-0.1, -0.05) is 30.3 Å². The van der Waals surface area contributed by atoms with Crippen LogP contribution in [0.4, 0.5) is 0 Å². The van der Waals surface area contributed by atoms with Gasteiger partial charge in [0.05, 0.1) is 20.3 Å². The number of nitrogens with zero attached hydrogens (tertiary/aromatic N) is 2. The van der Waals surface area contributed by atoms with E-state index in [0.29, 0.717) is 24.0 Å². The van der Waals surface area contributed by atoms with E-state index in [1.54, 1.807) is 20.3 Å². The highest BCUT2D eigenvalue weighted by molar-refractivity contribution is 5.23. The number of likely N-dealkylation sites (N-methyl/N-ethyl adjacent to an activating group) is 1. The van der Waals surface area contributed by atoms with Crippen LogP contribution in [0.15, 0.2) is 36.4 Å². The molecule has 1 N–H and O–H groups in total. The molecule has 1 atom stereocenters. The van der Waals surface area contributed by atoms with Crippen molar-refractivity contribution in [3.63, 3.8) is 0 Å². The lowest BCUT2D eigenvalue weighted by Crippen LogP contribution is -2.20. The van der Waals surface area contributed by atoms with Crippen LogP contribution < -0.4 is 14.8 Å². The third-order valence-electron chi connectivity index (χ3n) is 3.08. The minimum atomic E-state index is 0.146. The van der Waals surface area contributed by atoms with Crippen LogP contribution in [-0.2, 0) is 6.42 Å². The molecule has 5 nitrogen and oxygen atoms in total. The fourth-order valence-corrected chi connectivity index (χ4v) is 2.00. The molecule has 1 aromatic heterocycles. The molecule has 1 unspecified atom stereocenters. The first kappa shape index (κ1) is 14.3. The molecule has 20 heavy (non-hydrogen) atoms. The van der Waals surface area contributed by atoms with E-state index in [0.717, 1.165) is 0 Å². The smallest absolute Gasteiger partial charge is 0.220 e. The zero-order valence-corrected chi connectivity index (χ0v) is 12.0. The molecule has 1 aromatic carbocycles. The third kappa shape index (κ3) is 3.45. The van der Waals surface area contributed by atoms with Gasteiger partial charge in [0.2, 0.25) is 11.8 Å². The van der Waals surface area contributed by atoms with Crippen LogP contribution in [0.3, 0.4) is 0 Å². The van der Waals surface area contributed by atoms with Crippen molar-refractivity contribution >= 4 is 0 Å². The first-order valence-electron chi connectivity index (χ1n) is 6.45. The molecule has 0 aliphatic carbocycles. The van der Waals surface area contributed by atoms with Gasteiger partial charge >= 0.3 is 0 Å². The molecule has 0 aliphatic heterocycles. The SMILES string of the molecule is CNC(Cc1nc(OC)cc(OC)n1)c1ccccc1. The second kappa shape index (κ2) is 6.86. The Kier molecular flexibility index (Phi) is 4.90. The number of benzene rings is 1. The Morgan fingerprint density at radius 2 is 1.65 bits per heavy atom.